The summed E-state index contributed by atoms with van der Waals surface area (Å²) in [5.74, 6) is 0.305. The Morgan fingerprint density at radius 2 is 2.00 bits per heavy atom. The van der Waals surface area contributed by atoms with Crippen LogP contribution in [0.3, 0.4) is 0 Å². The van der Waals surface area contributed by atoms with E-state index in [1.807, 2.05) is 4.90 Å². The molecule has 0 aromatic heterocycles. The summed E-state index contributed by atoms with van der Waals surface area (Å²) in [6, 6.07) is 1.19. The molecule has 0 bridgehead atoms. The molecule has 2 aliphatic rings. The van der Waals surface area contributed by atoms with Gasteiger partial charge in [0.2, 0.25) is 5.91 Å². The lowest BCUT2D eigenvalue weighted by atomic mass is 9.93. The minimum atomic E-state index is 0.0302. The molecule has 2 aliphatic heterocycles. The highest BCUT2D eigenvalue weighted by Crippen LogP contribution is 2.26. The minimum Gasteiger partial charge on any atom is -0.342 e. The van der Waals surface area contributed by atoms with Gasteiger partial charge in [0.25, 0.3) is 0 Å². The van der Waals surface area contributed by atoms with Gasteiger partial charge in [-0.15, -0.1) is 0 Å². The third-order valence-corrected chi connectivity index (χ3v) is 5.09. The van der Waals surface area contributed by atoms with Gasteiger partial charge in [-0.3, -0.25) is 9.69 Å². The molecule has 1 amide bonds. The summed E-state index contributed by atoms with van der Waals surface area (Å²) in [5.41, 5.74) is 0. The van der Waals surface area contributed by atoms with Gasteiger partial charge < -0.3 is 10.2 Å². The molecule has 2 fully saturated rings. The van der Waals surface area contributed by atoms with Crippen molar-refractivity contribution in [1.82, 2.24) is 15.1 Å². The minimum absolute atomic E-state index is 0.0302. The van der Waals surface area contributed by atoms with Crippen LogP contribution in [-0.2, 0) is 4.79 Å². The fourth-order valence-corrected chi connectivity index (χ4v) is 3.87. The quantitative estimate of drug-likeness (QED) is 0.835. The van der Waals surface area contributed by atoms with Crippen molar-refractivity contribution in [1.29, 1.82) is 0 Å². The summed E-state index contributed by atoms with van der Waals surface area (Å²) in [6.07, 6.45) is 6.35. The molecule has 0 spiro atoms. The molecule has 3 atom stereocenters. The second kappa shape index (κ2) is 7.41. The maximum Gasteiger partial charge on any atom is 0.239 e. The fraction of sp³-hybridized carbons (Fsp3) is 0.938. The first-order valence-electron chi connectivity index (χ1n) is 8.47. The number of likely N-dealkylation sites (tertiary alicyclic amines) is 1. The Hall–Kier alpha value is -0.610. The molecule has 0 aliphatic carbocycles. The van der Waals surface area contributed by atoms with Gasteiger partial charge in [0, 0.05) is 25.2 Å². The Labute approximate surface area is 123 Å². The zero-order chi connectivity index (χ0) is 14.5. The molecule has 2 saturated heterocycles. The SMILES string of the molecule is CCN(CC)C(=O)C(C)N1CCCCC1C1CCCN1. The highest BCUT2D eigenvalue weighted by atomic mass is 16.2. The molecule has 0 saturated carbocycles. The van der Waals surface area contributed by atoms with Gasteiger partial charge in [0.1, 0.15) is 0 Å². The van der Waals surface area contributed by atoms with E-state index in [2.05, 4.69) is 31.0 Å². The lowest BCUT2D eigenvalue weighted by molar-refractivity contribution is -0.137. The third-order valence-electron chi connectivity index (χ3n) is 5.09. The molecule has 116 valence electrons. The fourth-order valence-electron chi connectivity index (χ4n) is 3.87. The standard InChI is InChI=1S/C16H31N3O/c1-4-18(5-2)16(20)13(3)19-12-7-6-10-15(19)14-9-8-11-17-14/h13-15,17H,4-12H2,1-3H3. The summed E-state index contributed by atoms with van der Waals surface area (Å²) >= 11 is 0. The van der Waals surface area contributed by atoms with Gasteiger partial charge in [-0.25, -0.2) is 0 Å². The van der Waals surface area contributed by atoms with Crippen molar-refractivity contribution < 1.29 is 4.79 Å². The Morgan fingerprint density at radius 3 is 2.60 bits per heavy atom. The average molecular weight is 281 g/mol. The number of carbonyl (C=O) groups excluding carboxylic acids is 1. The number of likely N-dealkylation sites (N-methyl/N-ethyl adjacent to an activating group) is 1. The van der Waals surface area contributed by atoms with Crippen molar-refractivity contribution in [2.45, 2.75) is 71.0 Å². The number of rotatable bonds is 5. The predicted octanol–water partition coefficient (Wildman–Crippen LogP) is 1.85. The van der Waals surface area contributed by atoms with Crippen LogP contribution >= 0.6 is 0 Å². The average Bonchev–Trinajstić information content (AvgIpc) is 3.01. The molecule has 4 nitrogen and oxygen atoms in total. The van der Waals surface area contributed by atoms with Crippen molar-refractivity contribution in [3.8, 4) is 0 Å². The highest BCUT2D eigenvalue weighted by molar-refractivity contribution is 5.81. The molecular weight excluding hydrogens is 250 g/mol. The van der Waals surface area contributed by atoms with Crippen LogP contribution in [0, 0.1) is 0 Å². The Bertz CT molecular complexity index is 311. The Kier molecular flexibility index (Phi) is 5.85. The molecule has 0 aromatic rings. The predicted molar refractivity (Wildman–Crippen MR) is 82.8 cm³/mol. The lowest BCUT2D eigenvalue weighted by Crippen LogP contribution is -2.57. The first-order chi connectivity index (χ1) is 9.69. The van der Waals surface area contributed by atoms with Crippen LogP contribution in [0.1, 0.15) is 52.9 Å². The number of piperidine rings is 1. The topological polar surface area (TPSA) is 35.6 Å². The number of hydrogen-bond acceptors (Lipinski definition) is 3. The van der Waals surface area contributed by atoms with Crippen LogP contribution in [0.4, 0.5) is 0 Å². The molecular formula is C16H31N3O. The monoisotopic (exact) mass is 281 g/mol. The molecule has 20 heavy (non-hydrogen) atoms. The van der Waals surface area contributed by atoms with E-state index < -0.39 is 0 Å². The molecule has 0 aromatic carbocycles. The zero-order valence-corrected chi connectivity index (χ0v) is 13.4. The van der Waals surface area contributed by atoms with E-state index >= 15 is 0 Å². The van der Waals surface area contributed by atoms with Gasteiger partial charge in [0.15, 0.2) is 0 Å². The van der Waals surface area contributed by atoms with Crippen molar-refractivity contribution in [2.75, 3.05) is 26.2 Å². The summed E-state index contributed by atoms with van der Waals surface area (Å²) < 4.78 is 0. The smallest absolute Gasteiger partial charge is 0.239 e. The van der Waals surface area contributed by atoms with E-state index in [9.17, 15) is 4.79 Å². The van der Waals surface area contributed by atoms with Gasteiger partial charge in [-0.05, 0) is 59.5 Å². The van der Waals surface area contributed by atoms with Crippen LogP contribution in [-0.4, -0.2) is 60.0 Å². The number of nitrogens with zero attached hydrogens (tertiary/aromatic N) is 2. The van der Waals surface area contributed by atoms with Crippen molar-refractivity contribution in [2.24, 2.45) is 0 Å². The number of nitrogens with one attached hydrogen (secondary N) is 1. The van der Waals surface area contributed by atoms with Crippen LogP contribution in [0.25, 0.3) is 0 Å². The van der Waals surface area contributed by atoms with Crippen LogP contribution in [0.5, 0.6) is 0 Å². The molecule has 4 heteroatoms. The number of carbonyl (C=O) groups is 1. The summed E-state index contributed by atoms with van der Waals surface area (Å²) in [4.78, 5) is 17.1. The van der Waals surface area contributed by atoms with E-state index in [1.54, 1.807) is 0 Å². The third kappa shape index (κ3) is 3.34. The molecule has 0 radical (unpaired) electrons. The highest BCUT2D eigenvalue weighted by Gasteiger charge is 2.36. The number of amides is 1. The molecule has 3 unspecified atom stereocenters. The van der Waals surface area contributed by atoms with E-state index in [-0.39, 0.29) is 6.04 Å². The molecule has 2 heterocycles. The Balaban J connectivity index is 2.04. The summed E-state index contributed by atoms with van der Waals surface area (Å²) in [5, 5.41) is 3.64. The first-order valence-corrected chi connectivity index (χ1v) is 8.47. The maximum atomic E-state index is 12.6. The van der Waals surface area contributed by atoms with Crippen LogP contribution in [0.15, 0.2) is 0 Å². The van der Waals surface area contributed by atoms with Gasteiger partial charge in [0.05, 0.1) is 6.04 Å². The van der Waals surface area contributed by atoms with Crippen molar-refractivity contribution in [3.05, 3.63) is 0 Å². The van der Waals surface area contributed by atoms with E-state index in [0.717, 1.165) is 26.2 Å². The van der Waals surface area contributed by atoms with Crippen LogP contribution in [0.2, 0.25) is 0 Å². The van der Waals surface area contributed by atoms with Crippen LogP contribution < -0.4 is 5.32 Å². The molecule has 1 N–H and O–H groups in total. The van der Waals surface area contributed by atoms with Gasteiger partial charge in [-0.1, -0.05) is 6.42 Å². The first kappa shape index (κ1) is 15.8. The van der Waals surface area contributed by atoms with Crippen molar-refractivity contribution in [3.63, 3.8) is 0 Å². The second-order valence-electron chi connectivity index (χ2n) is 6.19. The molecule has 2 rings (SSSR count). The lowest BCUT2D eigenvalue weighted by Gasteiger charge is -2.43. The zero-order valence-electron chi connectivity index (χ0n) is 13.4. The van der Waals surface area contributed by atoms with E-state index in [0.29, 0.717) is 18.0 Å². The van der Waals surface area contributed by atoms with E-state index in [1.165, 1.54) is 32.1 Å². The normalized spacial score (nSPS) is 29.4. The van der Waals surface area contributed by atoms with E-state index in [4.69, 9.17) is 0 Å². The summed E-state index contributed by atoms with van der Waals surface area (Å²) in [7, 11) is 0. The number of hydrogen-bond donors (Lipinski definition) is 1. The van der Waals surface area contributed by atoms with Crippen molar-refractivity contribution >= 4 is 5.91 Å². The summed E-state index contributed by atoms with van der Waals surface area (Å²) in [6.45, 7) is 10.1. The second-order valence-corrected chi connectivity index (χ2v) is 6.19. The van der Waals surface area contributed by atoms with Gasteiger partial charge in [-0.2, -0.15) is 0 Å². The van der Waals surface area contributed by atoms with Gasteiger partial charge >= 0.3 is 0 Å². The maximum absolute atomic E-state index is 12.6. The Morgan fingerprint density at radius 1 is 1.25 bits per heavy atom. The largest absolute Gasteiger partial charge is 0.342 e.